The lowest BCUT2D eigenvalue weighted by Crippen LogP contribution is -2.63. The molecule has 6 atom stereocenters. The number of ether oxygens (including phenoxy) is 6. The standard InChI is InChI=1S/C48H117NO16Si10.C19H45NO7Si3.C7H18O3Si.C6H18O2Si2/c1-22-40-74(55-23-2,56-24-3)46-28-33-49-48(51)54-39-38-53-36-30-43-73(21,65-71(19,61-68(13,14)15)45-32-47-75(57-25-4,58-26-5)59-27-6)63-69(16,17)62-72(20,42-29-35-52-37-34-50)64-70(18,60-67(10,11)12)44-31-41-66(7,8)9;1-8-24-30(25-9-2,26-10-3)18-11-13-20-19(21)23-16-15-22-14-12-17-28(4)27-29(5,6)7;1-9-11(2)7-3-5-10-6-4-8;1-7-10(5,6)8-9(2,3)4/h50H,22-47H2,1-21H3,(H,49,51);28H,8-18H2,1-7H3,(H,20,21);8,11H,3-7H2,1-2H3;1-6H3. The lowest BCUT2D eigenvalue weighted by atomic mass is 10.5. The number of carbonyl (C=O) groups excluding carboxylic acids is 2. The van der Waals surface area contributed by atoms with Crippen LogP contribution >= 0.6 is 0 Å². The van der Waals surface area contributed by atoms with Crippen LogP contribution in [0.2, 0.25) is 230 Å². The van der Waals surface area contributed by atoms with Crippen molar-refractivity contribution in [2.75, 3.05) is 159 Å². The molecule has 0 radical (unpaired) electrons. The van der Waals surface area contributed by atoms with Crippen molar-refractivity contribution in [2.45, 2.75) is 350 Å². The number of hydrogen-bond donors (Lipinski definition) is 4. The smallest absolute Gasteiger partial charge is 0.458 e. The van der Waals surface area contributed by atoms with Crippen LogP contribution in [0.1, 0.15) is 120 Å². The first kappa shape index (κ1) is 133. The predicted molar refractivity (Wildman–Crippen MR) is 553 cm³/mol. The quantitative estimate of drug-likeness (QED) is 0.0325. The van der Waals surface area contributed by atoms with Gasteiger partial charge in [0.05, 0.1) is 39.6 Å². The molecule has 46 heteroatoms. The fourth-order valence-electron chi connectivity index (χ4n) is 14.3. The van der Waals surface area contributed by atoms with E-state index in [0.29, 0.717) is 149 Å². The first-order valence-corrected chi connectivity index (χ1v) is 91.6. The molecule has 0 heterocycles. The van der Waals surface area contributed by atoms with E-state index in [1.807, 2.05) is 55.4 Å². The van der Waals surface area contributed by atoms with Crippen LogP contribution in [-0.4, -0.2) is 319 Å². The van der Waals surface area contributed by atoms with Crippen LogP contribution in [0.5, 0.6) is 0 Å². The molecular weight excluding hydrogens is 1890 g/mol. The minimum atomic E-state index is -3.16. The molecule has 4 N–H and O–H groups in total. The van der Waals surface area contributed by atoms with E-state index >= 15 is 0 Å². The first-order valence-electron chi connectivity index (χ1n) is 47.6. The number of rotatable bonds is 78. The summed E-state index contributed by atoms with van der Waals surface area (Å²) in [6.07, 6.45) is 6.85. The summed E-state index contributed by atoms with van der Waals surface area (Å²) in [4.78, 5) is 24.4. The molecule has 760 valence electrons. The Kier molecular flexibility index (Phi) is 76.6. The SMILES string of the molecule is CCC[Si](CCCNC(=O)OCCOCCC[Si](C)(O[Si](C)(C)O[Si](C)(CCCOCCO)O[Si](C)(CCC[Si](C)(C)C)O[Si](C)(C)C)O[Si](C)(CCC[Si](OCC)(OCC)OCC)O[Si](C)(C)C)(OCC)OCC.CCO[Si](CCCNC(=O)OCCOCCC[SiH](C)O[Si](C)(C)C)(OCC)OCC.CO[SiH](C)CCCOCCO.CO[Si](C)(C)O[Si](C)(C)C. The number of amides is 2. The maximum absolute atomic E-state index is 12.7. The van der Waals surface area contributed by atoms with E-state index in [-0.39, 0.29) is 33.0 Å². The predicted octanol–water partition coefficient (Wildman–Crippen LogP) is 19.1. The third-order valence-corrected chi connectivity index (χ3v) is 71.0. The summed E-state index contributed by atoms with van der Waals surface area (Å²) in [6.45, 7) is 83.1. The zero-order chi connectivity index (χ0) is 97.4. The van der Waals surface area contributed by atoms with E-state index in [1.165, 1.54) is 6.04 Å². The van der Waals surface area contributed by atoms with E-state index in [9.17, 15) is 14.7 Å². The van der Waals surface area contributed by atoms with Crippen molar-refractivity contribution in [2.24, 2.45) is 0 Å². The van der Waals surface area contributed by atoms with Crippen molar-refractivity contribution >= 4 is 149 Å². The largest absolute Gasteiger partial charge is 0.500 e. The first-order chi connectivity index (χ1) is 58.4. The topological polar surface area (TPSA) is 320 Å². The molecule has 6 unspecified atom stereocenters. The Morgan fingerprint density at radius 1 is 0.310 bits per heavy atom. The Morgan fingerprint density at radius 3 is 0.952 bits per heavy atom. The van der Waals surface area contributed by atoms with Crippen LogP contribution < -0.4 is 10.6 Å². The second kappa shape index (κ2) is 72.4. The van der Waals surface area contributed by atoms with Crippen molar-refractivity contribution in [3.05, 3.63) is 0 Å². The molecule has 0 aromatic heterocycles. The Labute approximate surface area is 789 Å². The van der Waals surface area contributed by atoms with Gasteiger partial charge in [0.25, 0.3) is 0 Å². The number of hydrogen-bond acceptors (Lipinski definition) is 28. The summed E-state index contributed by atoms with van der Waals surface area (Å²) in [7, 11) is -31.3. The molecule has 0 aromatic carbocycles. The van der Waals surface area contributed by atoms with E-state index in [2.05, 4.69) is 181 Å². The molecule has 0 aliphatic carbocycles. The molecule has 0 saturated carbocycles. The summed E-state index contributed by atoms with van der Waals surface area (Å²) >= 11 is 0. The highest BCUT2D eigenvalue weighted by atomic mass is 28.5. The fourth-order valence-corrected chi connectivity index (χ4v) is 73.3. The summed E-state index contributed by atoms with van der Waals surface area (Å²) in [5.41, 5.74) is 0. The highest BCUT2D eigenvalue weighted by molar-refractivity contribution is 6.93. The minimum absolute atomic E-state index is 0.0221. The number of nitrogens with one attached hydrogen (secondary N) is 2. The van der Waals surface area contributed by atoms with Gasteiger partial charge < -0.3 is 126 Å². The minimum Gasteiger partial charge on any atom is -0.458 e. The Morgan fingerprint density at radius 2 is 0.635 bits per heavy atom. The van der Waals surface area contributed by atoms with Gasteiger partial charge in [-0.1, -0.05) is 45.5 Å². The molecule has 30 nitrogen and oxygen atoms in total. The Hall–Kier alpha value is 1.05. The van der Waals surface area contributed by atoms with Crippen LogP contribution in [0, 0.1) is 0 Å². The molecule has 0 rings (SSSR count). The monoisotopic (exact) mass is 2080 g/mol. The maximum atomic E-state index is 12.7. The van der Waals surface area contributed by atoms with Crippen molar-refractivity contribution in [1.29, 1.82) is 0 Å². The van der Waals surface area contributed by atoms with Gasteiger partial charge in [0.15, 0.2) is 51.4 Å². The number of carbonyl (C=O) groups is 2. The van der Waals surface area contributed by atoms with Gasteiger partial charge in [0.1, 0.15) is 13.2 Å². The van der Waals surface area contributed by atoms with E-state index in [0.717, 1.165) is 81.8 Å². The lowest BCUT2D eigenvalue weighted by molar-refractivity contribution is 0.0689. The molecule has 2 amide bonds. The van der Waals surface area contributed by atoms with Gasteiger partial charge in [-0.15, -0.1) is 0 Å². The normalized spacial score (nSPS) is 15.3. The average molecular weight is 2090 g/mol. The zero-order valence-corrected chi connectivity index (χ0v) is 104. The number of aliphatic hydroxyl groups is 2. The zero-order valence-electron chi connectivity index (χ0n) is 87.4. The lowest BCUT2D eigenvalue weighted by Gasteiger charge is -2.46. The fraction of sp³-hybridized carbons (Fsp3) is 0.975. The summed E-state index contributed by atoms with van der Waals surface area (Å²) in [6, 6.07) is 9.49. The van der Waals surface area contributed by atoms with Crippen molar-refractivity contribution in [3.8, 4) is 0 Å². The molecule has 0 aromatic rings. The van der Waals surface area contributed by atoms with Crippen molar-refractivity contribution in [3.63, 3.8) is 0 Å². The number of alkyl carbamates (subject to hydrolysis) is 2. The van der Waals surface area contributed by atoms with Crippen LogP contribution in [-0.2, 0) is 106 Å². The van der Waals surface area contributed by atoms with Gasteiger partial charge in [-0.05, 0) is 293 Å². The second-order valence-corrected chi connectivity index (χ2v) is 98.1. The summed E-state index contributed by atoms with van der Waals surface area (Å²) in [5, 5.41) is 23.5. The Balaban J connectivity index is -0.00000117. The molecular formula is C80H198N2O28Si16. The van der Waals surface area contributed by atoms with Crippen LogP contribution in [0.15, 0.2) is 0 Å². The van der Waals surface area contributed by atoms with Crippen LogP contribution in [0.25, 0.3) is 0 Å². The average Bonchev–Trinajstić information content (AvgIpc) is 0.786. The molecule has 0 aliphatic rings. The van der Waals surface area contributed by atoms with E-state index < -0.39 is 149 Å². The number of aliphatic hydroxyl groups excluding tert-OH is 2. The van der Waals surface area contributed by atoms with Gasteiger partial charge >= 0.3 is 89.7 Å². The second-order valence-electron chi connectivity index (χ2n) is 38.2. The van der Waals surface area contributed by atoms with Crippen LogP contribution in [0.4, 0.5) is 9.59 Å². The van der Waals surface area contributed by atoms with Crippen molar-refractivity contribution in [1.82, 2.24) is 10.6 Å². The Bertz CT molecular complexity index is 2570. The maximum Gasteiger partial charge on any atom is 0.500 e. The van der Waals surface area contributed by atoms with Crippen molar-refractivity contribution < 1.29 is 125 Å². The molecule has 0 saturated heterocycles. The molecule has 0 aliphatic heterocycles. The third kappa shape index (κ3) is 78.0. The summed E-state index contributed by atoms with van der Waals surface area (Å²) < 4.78 is 149. The molecule has 0 spiro atoms. The molecule has 0 bridgehead atoms. The van der Waals surface area contributed by atoms with Gasteiger partial charge in [0.2, 0.25) is 0 Å². The van der Waals surface area contributed by atoms with Gasteiger partial charge in [0, 0.05) is 127 Å². The van der Waals surface area contributed by atoms with E-state index in [4.69, 9.17) is 111 Å². The third-order valence-electron chi connectivity index (χ3n) is 18.1. The summed E-state index contributed by atoms with van der Waals surface area (Å²) in [5.74, 6) is 0. The van der Waals surface area contributed by atoms with Gasteiger partial charge in [-0.3, -0.25) is 0 Å². The molecule has 126 heavy (non-hydrogen) atoms. The highest BCUT2D eigenvalue weighted by Gasteiger charge is 2.54. The van der Waals surface area contributed by atoms with Gasteiger partial charge in [-0.2, -0.15) is 0 Å². The van der Waals surface area contributed by atoms with E-state index in [1.54, 1.807) is 14.2 Å². The molecule has 0 fully saturated rings. The highest BCUT2D eigenvalue weighted by Crippen LogP contribution is 2.37. The van der Waals surface area contributed by atoms with Crippen LogP contribution in [0.3, 0.4) is 0 Å². The van der Waals surface area contributed by atoms with Gasteiger partial charge in [-0.25, -0.2) is 9.59 Å².